The first-order valence-corrected chi connectivity index (χ1v) is 12.1. The Labute approximate surface area is 217 Å². The maximum atomic E-state index is 13.2. The Morgan fingerprint density at radius 1 is 1.00 bits per heavy atom. The Morgan fingerprint density at radius 3 is 2.32 bits per heavy atom. The summed E-state index contributed by atoms with van der Waals surface area (Å²) in [5.74, 6) is 0.545. The Kier molecular flexibility index (Phi) is 8.08. The van der Waals surface area contributed by atoms with Crippen LogP contribution in [-0.4, -0.2) is 46.9 Å². The number of benzene rings is 2. The molecule has 38 heavy (non-hydrogen) atoms. The highest BCUT2D eigenvalue weighted by molar-refractivity contribution is 5.88. The summed E-state index contributed by atoms with van der Waals surface area (Å²) in [6.07, 6.45) is -3.46. The molecule has 0 spiro atoms. The summed E-state index contributed by atoms with van der Waals surface area (Å²) in [6.45, 7) is 2.26. The first-order chi connectivity index (χ1) is 18.1. The Morgan fingerprint density at radius 2 is 1.68 bits per heavy atom. The Balaban J connectivity index is 1.40. The third kappa shape index (κ3) is 6.55. The smallest absolute Gasteiger partial charge is 0.357 e. The second kappa shape index (κ2) is 11.4. The number of aromatic nitrogens is 3. The molecule has 1 aliphatic rings. The minimum absolute atomic E-state index is 0.0354. The molecule has 0 saturated carbocycles. The summed E-state index contributed by atoms with van der Waals surface area (Å²) < 4.78 is 39.7. The van der Waals surface area contributed by atoms with Gasteiger partial charge >= 0.3 is 6.18 Å². The van der Waals surface area contributed by atoms with Crippen LogP contribution in [-0.2, 0) is 22.3 Å². The van der Waals surface area contributed by atoms with Gasteiger partial charge in [-0.3, -0.25) is 9.59 Å². The number of anilines is 3. The van der Waals surface area contributed by atoms with Crippen molar-refractivity contribution in [3.8, 4) is 11.4 Å². The molecular weight excluding hydrogens is 499 g/mol. The van der Waals surface area contributed by atoms with Crippen molar-refractivity contribution < 1.29 is 22.8 Å². The lowest BCUT2D eigenvalue weighted by atomic mass is 9.96. The normalized spacial score (nSPS) is 14.2. The summed E-state index contributed by atoms with van der Waals surface area (Å²) in [6, 6.07) is 12.4. The molecule has 200 valence electrons. The minimum Gasteiger partial charge on any atom is -0.357 e. The van der Waals surface area contributed by atoms with Crippen molar-refractivity contribution in [2.24, 2.45) is 5.92 Å². The number of rotatable bonds is 7. The van der Waals surface area contributed by atoms with E-state index in [1.807, 2.05) is 4.90 Å². The van der Waals surface area contributed by atoms with Crippen LogP contribution in [0.1, 0.15) is 30.9 Å². The number of hydrogen-bond donors (Lipinski definition) is 3. The number of piperidine rings is 1. The molecule has 1 aromatic heterocycles. The van der Waals surface area contributed by atoms with Gasteiger partial charge in [-0.1, -0.05) is 18.2 Å². The molecule has 0 aliphatic carbocycles. The number of amides is 2. The fraction of sp³-hybridized carbons (Fsp3) is 0.346. The second-order valence-electron chi connectivity index (χ2n) is 8.93. The molecule has 1 saturated heterocycles. The van der Waals surface area contributed by atoms with Crippen LogP contribution >= 0.6 is 0 Å². The summed E-state index contributed by atoms with van der Waals surface area (Å²) in [4.78, 5) is 39.5. The molecule has 3 N–H and O–H groups in total. The van der Waals surface area contributed by atoms with Crippen molar-refractivity contribution in [1.29, 1.82) is 0 Å². The summed E-state index contributed by atoms with van der Waals surface area (Å²) in [5, 5.41) is 8.32. The zero-order chi connectivity index (χ0) is 27.3. The van der Waals surface area contributed by atoms with Gasteiger partial charge in [-0.05, 0) is 48.7 Å². The average molecular weight is 528 g/mol. The lowest BCUT2D eigenvalue weighted by molar-refractivity contribution is -0.138. The number of halogens is 3. The molecule has 0 atom stereocenters. The van der Waals surface area contributed by atoms with Gasteiger partial charge in [0, 0.05) is 50.8 Å². The monoisotopic (exact) mass is 527 g/mol. The molecule has 4 rings (SSSR count). The first kappa shape index (κ1) is 26.8. The molecule has 0 bridgehead atoms. The number of carbonyl (C=O) groups excluding carboxylic acids is 2. The number of nitrogens with one attached hydrogen (secondary N) is 3. The highest BCUT2D eigenvalue weighted by Gasteiger charge is 2.33. The van der Waals surface area contributed by atoms with Crippen LogP contribution in [0.5, 0.6) is 0 Å². The van der Waals surface area contributed by atoms with E-state index in [-0.39, 0.29) is 29.8 Å². The molecule has 2 heterocycles. The van der Waals surface area contributed by atoms with E-state index in [2.05, 4.69) is 30.9 Å². The quantitative estimate of drug-likeness (QED) is 0.424. The Bertz CT molecular complexity index is 1290. The molecule has 2 aromatic carbocycles. The van der Waals surface area contributed by atoms with Crippen LogP contribution in [0.2, 0.25) is 0 Å². The SMILES string of the molecule is CNc1nc(-c2ccc(NC(C)=O)cc2)nc(N2CCC(C(=O)NCc3ccccc3C(F)(F)F)CC2)n1. The molecule has 0 unspecified atom stereocenters. The van der Waals surface area contributed by atoms with Crippen LogP contribution in [0.4, 0.5) is 30.8 Å². The van der Waals surface area contributed by atoms with Crippen molar-refractivity contribution in [1.82, 2.24) is 20.3 Å². The van der Waals surface area contributed by atoms with Crippen molar-refractivity contribution in [3.63, 3.8) is 0 Å². The fourth-order valence-corrected chi connectivity index (χ4v) is 4.27. The van der Waals surface area contributed by atoms with E-state index in [0.29, 0.717) is 49.3 Å². The third-order valence-corrected chi connectivity index (χ3v) is 6.24. The van der Waals surface area contributed by atoms with Gasteiger partial charge < -0.3 is 20.9 Å². The highest BCUT2D eigenvalue weighted by Crippen LogP contribution is 2.32. The van der Waals surface area contributed by atoms with Crippen LogP contribution in [0.15, 0.2) is 48.5 Å². The van der Waals surface area contributed by atoms with Gasteiger partial charge in [0.2, 0.25) is 23.7 Å². The van der Waals surface area contributed by atoms with Crippen molar-refractivity contribution >= 4 is 29.4 Å². The number of nitrogens with zero attached hydrogens (tertiary/aromatic N) is 4. The number of alkyl halides is 3. The second-order valence-corrected chi connectivity index (χ2v) is 8.93. The van der Waals surface area contributed by atoms with Crippen molar-refractivity contribution in [2.45, 2.75) is 32.5 Å². The van der Waals surface area contributed by atoms with E-state index in [4.69, 9.17) is 0 Å². The molecular formula is C26H28F3N7O2. The summed E-state index contributed by atoms with van der Waals surface area (Å²) in [5.41, 5.74) is 0.693. The minimum atomic E-state index is -4.48. The third-order valence-electron chi connectivity index (χ3n) is 6.24. The topological polar surface area (TPSA) is 112 Å². The van der Waals surface area contributed by atoms with Gasteiger partial charge in [0.25, 0.3) is 0 Å². The van der Waals surface area contributed by atoms with Gasteiger partial charge in [0.1, 0.15) is 0 Å². The molecule has 2 amide bonds. The lowest BCUT2D eigenvalue weighted by Gasteiger charge is -2.31. The molecule has 1 fully saturated rings. The van der Waals surface area contributed by atoms with E-state index in [9.17, 15) is 22.8 Å². The van der Waals surface area contributed by atoms with Crippen molar-refractivity contribution in [3.05, 3.63) is 59.7 Å². The van der Waals surface area contributed by atoms with Crippen molar-refractivity contribution in [2.75, 3.05) is 35.7 Å². The Hall–Kier alpha value is -4.22. The average Bonchev–Trinajstić information content (AvgIpc) is 2.91. The van der Waals surface area contributed by atoms with Gasteiger partial charge in [-0.2, -0.15) is 28.1 Å². The predicted molar refractivity (Wildman–Crippen MR) is 137 cm³/mol. The number of hydrogen-bond acceptors (Lipinski definition) is 7. The maximum absolute atomic E-state index is 13.2. The zero-order valence-corrected chi connectivity index (χ0v) is 21.0. The number of carbonyl (C=O) groups is 2. The van der Waals surface area contributed by atoms with Gasteiger partial charge in [0.05, 0.1) is 5.56 Å². The van der Waals surface area contributed by atoms with Gasteiger partial charge in [0.15, 0.2) is 5.82 Å². The fourth-order valence-electron chi connectivity index (χ4n) is 4.27. The molecule has 3 aromatic rings. The van der Waals surface area contributed by atoms with E-state index < -0.39 is 11.7 Å². The van der Waals surface area contributed by atoms with Crippen LogP contribution < -0.4 is 20.9 Å². The molecule has 12 heteroatoms. The first-order valence-electron chi connectivity index (χ1n) is 12.1. The lowest BCUT2D eigenvalue weighted by Crippen LogP contribution is -2.41. The molecule has 1 aliphatic heterocycles. The summed E-state index contributed by atoms with van der Waals surface area (Å²) in [7, 11) is 1.70. The standard InChI is InChI=1S/C26H28F3N7O2/c1-16(37)32-20-9-7-17(8-10-20)22-33-24(30-2)35-25(34-22)36-13-11-18(12-14-36)23(38)31-15-19-5-3-4-6-21(19)26(27,28)29/h3-10,18H,11-15H2,1-2H3,(H,31,38)(H,32,37)(H,30,33,34,35). The largest absolute Gasteiger partial charge is 0.416 e. The summed E-state index contributed by atoms with van der Waals surface area (Å²) >= 11 is 0. The van der Waals surface area contributed by atoms with Crippen LogP contribution in [0.3, 0.4) is 0 Å². The zero-order valence-electron chi connectivity index (χ0n) is 21.0. The molecule has 0 radical (unpaired) electrons. The van der Waals surface area contributed by atoms with Gasteiger partial charge in [-0.15, -0.1) is 0 Å². The van der Waals surface area contributed by atoms with E-state index >= 15 is 0 Å². The van der Waals surface area contributed by atoms with Crippen LogP contribution in [0.25, 0.3) is 11.4 Å². The van der Waals surface area contributed by atoms with E-state index in [1.54, 1.807) is 31.3 Å². The predicted octanol–water partition coefficient (Wildman–Crippen LogP) is 4.09. The van der Waals surface area contributed by atoms with E-state index in [0.717, 1.165) is 11.6 Å². The van der Waals surface area contributed by atoms with Gasteiger partial charge in [-0.25, -0.2) is 0 Å². The maximum Gasteiger partial charge on any atom is 0.416 e. The van der Waals surface area contributed by atoms with Crippen LogP contribution in [0, 0.1) is 5.92 Å². The van der Waals surface area contributed by atoms with E-state index in [1.165, 1.54) is 25.1 Å². The molecule has 9 nitrogen and oxygen atoms in total. The highest BCUT2D eigenvalue weighted by atomic mass is 19.4.